The van der Waals surface area contributed by atoms with Gasteiger partial charge in [0.1, 0.15) is 5.69 Å². The van der Waals surface area contributed by atoms with E-state index in [1.165, 1.54) is 24.5 Å². The number of aromatic nitrogens is 1. The van der Waals surface area contributed by atoms with Crippen LogP contribution >= 0.6 is 0 Å². The minimum atomic E-state index is -1.71. The summed E-state index contributed by atoms with van der Waals surface area (Å²) in [5.74, 6) is 0. The first-order valence-corrected chi connectivity index (χ1v) is 3.61. The Morgan fingerprint density at radius 2 is 1.87 bits per heavy atom. The monoisotopic (exact) mass is 214 g/mol. The van der Waals surface area contributed by atoms with Gasteiger partial charge in [-0.2, -0.15) is 0 Å². The fourth-order valence-corrected chi connectivity index (χ4v) is 0.728. The second-order valence-corrected chi connectivity index (χ2v) is 2.18. The predicted octanol–water partition coefficient (Wildman–Crippen LogP) is 1.11. The quantitative estimate of drug-likeness (QED) is 0.720. The number of hydrogen-bond acceptors (Lipinski definition) is 6. The Morgan fingerprint density at radius 3 is 2.27 bits per heavy atom. The van der Waals surface area contributed by atoms with E-state index in [-0.39, 0.29) is 10.9 Å². The Balaban J connectivity index is 2.81. The molecule has 0 saturated heterocycles. The number of carbonyl (C=O) groups is 2. The van der Waals surface area contributed by atoms with Gasteiger partial charge in [0.05, 0.1) is 6.20 Å². The van der Waals surface area contributed by atoms with E-state index in [9.17, 15) is 9.59 Å². The third-order valence-corrected chi connectivity index (χ3v) is 1.18. The lowest BCUT2D eigenvalue weighted by Crippen LogP contribution is -2.29. The Kier molecular flexibility index (Phi) is 3.28. The van der Waals surface area contributed by atoms with Crippen LogP contribution in [0.2, 0.25) is 0 Å². The van der Waals surface area contributed by atoms with E-state index in [0.717, 1.165) is 0 Å². The number of pyridine rings is 1. The molecule has 0 radical (unpaired) electrons. The van der Waals surface area contributed by atoms with Crippen LogP contribution < -0.4 is 5.23 Å². The van der Waals surface area contributed by atoms with Crippen LogP contribution in [0.15, 0.2) is 24.5 Å². The minimum absolute atomic E-state index is 0.0299. The highest BCUT2D eigenvalue weighted by atomic mass is 17.0. The van der Waals surface area contributed by atoms with Gasteiger partial charge in [-0.25, -0.2) is 9.59 Å². The summed E-state index contributed by atoms with van der Waals surface area (Å²) in [5.41, 5.74) is 0.0299. The summed E-state index contributed by atoms with van der Waals surface area (Å²) in [6.45, 7) is 0. The van der Waals surface area contributed by atoms with Gasteiger partial charge in [-0.15, -0.1) is 0 Å². The van der Waals surface area contributed by atoms with Crippen LogP contribution in [-0.2, 0) is 9.68 Å². The normalized spacial score (nSPS) is 9.07. The van der Waals surface area contributed by atoms with E-state index < -0.39 is 12.3 Å². The van der Waals surface area contributed by atoms with Crippen molar-refractivity contribution in [1.29, 1.82) is 0 Å². The van der Waals surface area contributed by atoms with Crippen molar-refractivity contribution in [2.75, 3.05) is 5.23 Å². The Morgan fingerprint density at radius 1 is 1.27 bits per heavy atom. The zero-order chi connectivity index (χ0) is 11.3. The molecular weight excluding hydrogens is 208 g/mol. The van der Waals surface area contributed by atoms with Gasteiger partial charge < -0.3 is 10.2 Å². The van der Waals surface area contributed by atoms with Crippen LogP contribution in [0.5, 0.6) is 0 Å². The lowest BCUT2D eigenvalue weighted by molar-refractivity contribution is -0.0453. The van der Waals surface area contributed by atoms with E-state index in [4.69, 9.17) is 10.2 Å². The summed E-state index contributed by atoms with van der Waals surface area (Å²) >= 11 is 0. The highest BCUT2D eigenvalue weighted by molar-refractivity contribution is 5.62. The van der Waals surface area contributed by atoms with Crippen molar-refractivity contribution < 1.29 is 29.5 Å². The molecule has 0 aliphatic rings. The van der Waals surface area contributed by atoms with Crippen LogP contribution in [-0.4, -0.2) is 27.5 Å². The summed E-state index contributed by atoms with van der Waals surface area (Å²) in [4.78, 5) is 32.2. The fraction of sp³-hybridized carbons (Fsp3) is 0. The average Bonchev–Trinajstić information content (AvgIpc) is 2.17. The topological polar surface area (TPSA) is 109 Å². The first-order valence-electron chi connectivity index (χ1n) is 3.61. The molecule has 0 saturated carbocycles. The van der Waals surface area contributed by atoms with E-state index in [1.54, 1.807) is 0 Å². The van der Waals surface area contributed by atoms with Crippen molar-refractivity contribution >= 4 is 18.0 Å². The van der Waals surface area contributed by atoms with E-state index >= 15 is 0 Å². The predicted molar refractivity (Wildman–Crippen MR) is 44.9 cm³/mol. The largest absolute Gasteiger partial charge is 0.533 e. The lowest BCUT2D eigenvalue weighted by Gasteiger charge is -2.16. The highest BCUT2D eigenvalue weighted by Gasteiger charge is 2.16. The van der Waals surface area contributed by atoms with Crippen LogP contribution in [0.25, 0.3) is 0 Å². The molecule has 1 rings (SSSR count). The van der Waals surface area contributed by atoms with Crippen LogP contribution in [0.3, 0.4) is 0 Å². The zero-order valence-electron chi connectivity index (χ0n) is 7.23. The number of anilines is 1. The fourth-order valence-electron chi connectivity index (χ4n) is 0.728. The molecule has 2 N–H and O–H groups in total. The standard InChI is InChI=1S/C7H6N2O6/c10-6(11)14-9(15-7(12)13)5-2-1-3-8-4-5/h1-4H,(H,10,11)(H,12,13). The Bertz CT molecular complexity index is 338. The molecule has 0 amide bonds. The van der Waals surface area contributed by atoms with Crippen LogP contribution in [0, 0.1) is 0 Å². The molecule has 8 heteroatoms. The summed E-state index contributed by atoms with van der Waals surface area (Å²) < 4.78 is 0. The molecule has 8 nitrogen and oxygen atoms in total. The van der Waals surface area contributed by atoms with Gasteiger partial charge in [0.25, 0.3) is 0 Å². The van der Waals surface area contributed by atoms with Crippen molar-refractivity contribution in [2.24, 2.45) is 0 Å². The smallest absolute Gasteiger partial charge is 0.448 e. The van der Waals surface area contributed by atoms with Crippen molar-refractivity contribution in [2.45, 2.75) is 0 Å². The van der Waals surface area contributed by atoms with Crippen molar-refractivity contribution in [3.05, 3.63) is 24.5 Å². The number of hydrogen-bond donors (Lipinski definition) is 2. The molecule has 15 heavy (non-hydrogen) atoms. The van der Waals surface area contributed by atoms with Gasteiger partial charge in [0, 0.05) is 6.20 Å². The molecule has 1 aromatic rings. The van der Waals surface area contributed by atoms with Gasteiger partial charge in [0.2, 0.25) is 0 Å². The third kappa shape index (κ3) is 3.38. The van der Waals surface area contributed by atoms with E-state index in [1.807, 2.05) is 0 Å². The molecule has 1 heterocycles. The maximum absolute atomic E-state index is 10.2. The van der Waals surface area contributed by atoms with Gasteiger partial charge in [-0.1, -0.05) is 0 Å². The highest BCUT2D eigenvalue weighted by Crippen LogP contribution is 2.12. The van der Waals surface area contributed by atoms with Crippen molar-refractivity contribution in [1.82, 2.24) is 4.98 Å². The maximum Gasteiger partial charge on any atom is 0.533 e. The molecule has 0 fully saturated rings. The first kappa shape index (κ1) is 10.6. The molecule has 1 aromatic heterocycles. The van der Waals surface area contributed by atoms with Crippen LogP contribution in [0.1, 0.15) is 0 Å². The average molecular weight is 214 g/mol. The molecule has 0 spiro atoms. The van der Waals surface area contributed by atoms with Crippen LogP contribution in [0.4, 0.5) is 15.3 Å². The maximum atomic E-state index is 10.2. The van der Waals surface area contributed by atoms with Gasteiger partial charge in [-0.05, 0) is 17.4 Å². The molecule has 0 aromatic carbocycles. The number of rotatable bonds is 3. The molecular formula is C7H6N2O6. The van der Waals surface area contributed by atoms with Gasteiger partial charge >= 0.3 is 12.3 Å². The lowest BCUT2D eigenvalue weighted by atomic mass is 10.4. The van der Waals surface area contributed by atoms with E-state index in [2.05, 4.69) is 14.7 Å². The summed E-state index contributed by atoms with van der Waals surface area (Å²) in [5, 5.41) is 16.8. The minimum Gasteiger partial charge on any atom is -0.448 e. The summed E-state index contributed by atoms with van der Waals surface area (Å²) in [7, 11) is 0. The van der Waals surface area contributed by atoms with Gasteiger partial charge in [-0.3, -0.25) is 14.7 Å². The summed E-state index contributed by atoms with van der Waals surface area (Å²) in [6, 6.07) is 2.82. The molecule has 80 valence electrons. The first-order chi connectivity index (χ1) is 7.09. The van der Waals surface area contributed by atoms with Crippen molar-refractivity contribution in [3.63, 3.8) is 0 Å². The molecule has 0 unspecified atom stereocenters. The molecule has 0 aliphatic carbocycles. The summed E-state index contributed by atoms with van der Waals surface area (Å²) in [6.07, 6.45) is -0.824. The third-order valence-electron chi connectivity index (χ3n) is 1.18. The zero-order valence-corrected chi connectivity index (χ0v) is 7.23. The number of carboxylic acid groups (broad SMARTS) is 2. The molecule has 0 bridgehead atoms. The molecule has 0 aliphatic heterocycles. The Labute approximate surface area is 83.2 Å². The number of nitrogens with zero attached hydrogens (tertiary/aromatic N) is 2. The SMILES string of the molecule is O=C(O)ON(OC(=O)O)c1cccnc1. The van der Waals surface area contributed by atoms with Crippen molar-refractivity contribution in [3.8, 4) is 0 Å². The van der Waals surface area contributed by atoms with Gasteiger partial charge in [0.15, 0.2) is 0 Å². The second-order valence-electron chi connectivity index (χ2n) is 2.18. The molecule has 0 atom stereocenters. The Hall–Kier alpha value is -2.51. The van der Waals surface area contributed by atoms with E-state index in [0.29, 0.717) is 0 Å². The second kappa shape index (κ2) is 4.65.